The van der Waals surface area contributed by atoms with Crippen LogP contribution in [0.5, 0.6) is 0 Å². The Morgan fingerprint density at radius 2 is 2.04 bits per heavy atom. The molecule has 0 aliphatic carbocycles. The highest BCUT2D eigenvalue weighted by atomic mass is 16.6. The highest BCUT2D eigenvalue weighted by Crippen LogP contribution is 2.25. The van der Waals surface area contributed by atoms with Crippen molar-refractivity contribution in [2.75, 3.05) is 18.5 Å². The number of anilines is 1. The Morgan fingerprint density at radius 1 is 1.22 bits per heavy atom. The van der Waals surface area contributed by atoms with E-state index in [-0.39, 0.29) is 12.0 Å². The Morgan fingerprint density at radius 3 is 2.81 bits per heavy atom. The lowest BCUT2D eigenvalue weighted by Gasteiger charge is -2.13. The molecule has 6 nitrogen and oxygen atoms in total. The molecule has 2 amide bonds. The number of aromatic nitrogens is 1. The zero-order chi connectivity index (χ0) is 19.0. The molecular formula is C21H21N3O3. The van der Waals surface area contributed by atoms with Gasteiger partial charge in [0, 0.05) is 23.3 Å². The number of carbonyl (C=O) groups is 2. The van der Waals surface area contributed by atoms with Crippen LogP contribution in [0.15, 0.2) is 42.5 Å². The van der Waals surface area contributed by atoms with E-state index in [1.54, 1.807) is 4.90 Å². The Labute approximate surface area is 157 Å². The number of nitrogens with one attached hydrogen (secondary N) is 2. The topological polar surface area (TPSA) is 74.4 Å². The summed E-state index contributed by atoms with van der Waals surface area (Å²) in [5.41, 5.74) is 5.31. The number of para-hydroxylation sites is 1. The molecule has 1 aromatic heterocycles. The quantitative estimate of drug-likeness (QED) is 0.736. The van der Waals surface area contributed by atoms with Gasteiger partial charge in [-0.05, 0) is 43.2 Å². The highest BCUT2D eigenvalue weighted by Gasteiger charge is 2.22. The van der Waals surface area contributed by atoms with Crippen LogP contribution >= 0.6 is 0 Å². The monoisotopic (exact) mass is 363 g/mol. The normalized spacial score (nSPS) is 13.9. The van der Waals surface area contributed by atoms with Gasteiger partial charge in [0.15, 0.2) is 0 Å². The number of carbonyl (C=O) groups excluding carboxylic acids is 2. The van der Waals surface area contributed by atoms with Crippen LogP contribution in [0.1, 0.15) is 27.2 Å². The van der Waals surface area contributed by atoms with Crippen molar-refractivity contribution >= 4 is 28.6 Å². The first kappa shape index (κ1) is 17.1. The third-order valence-corrected chi connectivity index (χ3v) is 4.99. The number of hydrogen-bond donors (Lipinski definition) is 2. The van der Waals surface area contributed by atoms with Gasteiger partial charge in [-0.15, -0.1) is 0 Å². The Balaban J connectivity index is 1.56. The van der Waals surface area contributed by atoms with Gasteiger partial charge in [0.2, 0.25) is 0 Å². The van der Waals surface area contributed by atoms with Gasteiger partial charge in [0.05, 0.1) is 17.6 Å². The van der Waals surface area contributed by atoms with E-state index in [0.717, 1.165) is 27.7 Å². The summed E-state index contributed by atoms with van der Waals surface area (Å²) in [5.74, 6) is -0.167. The van der Waals surface area contributed by atoms with E-state index in [1.165, 1.54) is 0 Å². The van der Waals surface area contributed by atoms with Gasteiger partial charge in [-0.25, -0.2) is 4.79 Å². The molecule has 0 bridgehead atoms. The van der Waals surface area contributed by atoms with Crippen molar-refractivity contribution in [2.45, 2.75) is 20.4 Å². The van der Waals surface area contributed by atoms with E-state index in [0.29, 0.717) is 30.9 Å². The number of hydrogen-bond acceptors (Lipinski definition) is 3. The minimum atomic E-state index is -0.298. The second-order valence-corrected chi connectivity index (χ2v) is 6.79. The zero-order valence-electron chi connectivity index (χ0n) is 15.3. The van der Waals surface area contributed by atoms with Crippen LogP contribution in [-0.4, -0.2) is 35.0 Å². The summed E-state index contributed by atoms with van der Waals surface area (Å²) in [6.07, 6.45) is -0.298. The fourth-order valence-corrected chi connectivity index (χ4v) is 3.41. The lowest BCUT2D eigenvalue weighted by atomic mass is 10.1. The second kappa shape index (κ2) is 6.79. The predicted octanol–water partition coefficient (Wildman–Crippen LogP) is 3.99. The fourth-order valence-electron chi connectivity index (χ4n) is 3.41. The van der Waals surface area contributed by atoms with Crippen molar-refractivity contribution in [2.24, 2.45) is 0 Å². The Kier molecular flexibility index (Phi) is 4.32. The van der Waals surface area contributed by atoms with Gasteiger partial charge in [-0.3, -0.25) is 4.79 Å². The van der Waals surface area contributed by atoms with Crippen molar-refractivity contribution < 1.29 is 14.3 Å². The maximum atomic E-state index is 12.8. The second-order valence-electron chi connectivity index (χ2n) is 6.79. The molecule has 0 radical (unpaired) electrons. The Hall–Kier alpha value is -3.28. The molecule has 0 saturated carbocycles. The maximum Gasteiger partial charge on any atom is 0.410 e. The molecule has 138 valence electrons. The summed E-state index contributed by atoms with van der Waals surface area (Å²) in [7, 11) is 0. The summed E-state index contributed by atoms with van der Waals surface area (Å²) in [6, 6.07) is 13.3. The minimum Gasteiger partial charge on any atom is -0.448 e. The number of nitrogens with zero attached hydrogens (tertiary/aromatic N) is 1. The molecule has 6 heteroatoms. The first-order valence-corrected chi connectivity index (χ1v) is 8.93. The molecule has 2 aromatic carbocycles. The average Bonchev–Trinajstić information content (AvgIpc) is 3.18. The van der Waals surface area contributed by atoms with Crippen molar-refractivity contribution in [1.29, 1.82) is 0 Å². The molecule has 0 atom stereocenters. The zero-order valence-corrected chi connectivity index (χ0v) is 15.3. The molecule has 3 aromatic rings. The number of rotatable bonds is 4. The number of cyclic esters (lactones) is 1. The maximum absolute atomic E-state index is 12.8. The molecule has 1 aliphatic rings. The van der Waals surface area contributed by atoms with Gasteiger partial charge in [0.1, 0.15) is 6.61 Å². The van der Waals surface area contributed by atoms with Crippen LogP contribution in [0.25, 0.3) is 10.9 Å². The number of aryl methyl sites for hydroxylation is 2. The van der Waals surface area contributed by atoms with E-state index < -0.39 is 0 Å². The third-order valence-electron chi connectivity index (χ3n) is 4.99. The smallest absolute Gasteiger partial charge is 0.410 e. The van der Waals surface area contributed by atoms with Crippen molar-refractivity contribution in [3.63, 3.8) is 0 Å². The highest BCUT2D eigenvalue weighted by molar-refractivity contribution is 6.12. The fraction of sp³-hybridized carbons (Fsp3) is 0.238. The number of fused-ring (bicyclic) bond motifs is 1. The number of amides is 2. The van der Waals surface area contributed by atoms with Gasteiger partial charge < -0.3 is 19.9 Å². The summed E-state index contributed by atoms with van der Waals surface area (Å²) in [5, 5.41) is 4.02. The summed E-state index contributed by atoms with van der Waals surface area (Å²) >= 11 is 0. The largest absolute Gasteiger partial charge is 0.448 e. The van der Waals surface area contributed by atoms with Gasteiger partial charge in [-0.1, -0.05) is 24.3 Å². The van der Waals surface area contributed by atoms with Crippen LogP contribution in [0.2, 0.25) is 0 Å². The molecule has 2 heterocycles. The standard InChI is InChI=1S/C21H21N3O3/c1-13-14(2)22-19-17(13)7-4-8-18(19)20(25)23-16-6-3-5-15(11-16)12-24-9-10-27-21(24)26/h3-8,11,22H,9-10,12H2,1-2H3,(H,23,25). The minimum absolute atomic E-state index is 0.167. The van der Waals surface area contributed by atoms with Gasteiger partial charge in [-0.2, -0.15) is 0 Å². The number of H-pyrrole nitrogens is 1. The lowest BCUT2D eigenvalue weighted by molar-refractivity contribution is 0.102. The Bertz CT molecular complexity index is 1040. The number of ether oxygens (including phenoxy) is 1. The van der Waals surface area contributed by atoms with Crippen molar-refractivity contribution in [1.82, 2.24) is 9.88 Å². The van der Waals surface area contributed by atoms with E-state index in [1.807, 2.05) is 56.3 Å². The molecule has 1 aliphatic heterocycles. The molecule has 1 saturated heterocycles. The summed E-state index contributed by atoms with van der Waals surface area (Å²) < 4.78 is 4.96. The molecule has 1 fully saturated rings. The van der Waals surface area contributed by atoms with Crippen molar-refractivity contribution in [3.8, 4) is 0 Å². The van der Waals surface area contributed by atoms with Gasteiger partial charge >= 0.3 is 6.09 Å². The van der Waals surface area contributed by atoms with Crippen LogP contribution in [0.4, 0.5) is 10.5 Å². The molecule has 0 spiro atoms. The van der Waals surface area contributed by atoms with Crippen LogP contribution in [0, 0.1) is 13.8 Å². The van der Waals surface area contributed by atoms with E-state index >= 15 is 0 Å². The summed E-state index contributed by atoms with van der Waals surface area (Å²) in [6.45, 7) is 5.52. The summed E-state index contributed by atoms with van der Waals surface area (Å²) in [4.78, 5) is 29.4. The molecule has 27 heavy (non-hydrogen) atoms. The van der Waals surface area contributed by atoms with Crippen LogP contribution in [-0.2, 0) is 11.3 Å². The van der Waals surface area contributed by atoms with E-state index in [4.69, 9.17) is 4.74 Å². The third kappa shape index (κ3) is 3.26. The van der Waals surface area contributed by atoms with E-state index in [9.17, 15) is 9.59 Å². The SMILES string of the molecule is Cc1[nH]c2c(C(=O)Nc3cccc(CN4CCOC4=O)c3)cccc2c1C. The molecule has 2 N–H and O–H groups in total. The van der Waals surface area contributed by atoms with Crippen LogP contribution in [0.3, 0.4) is 0 Å². The molecular weight excluding hydrogens is 342 g/mol. The molecule has 0 unspecified atom stereocenters. The first-order valence-electron chi connectivity index (χ1n) is 8.93. The van der Waals surface area contributed by atoms with Crippen LogP contribution < -0.4 is 5.32 Å². The van der Waals surface area contributed by atoms with Gasteiger partial charge in [0.25, 0.3) is 5.91 Å². The van der Waals surface area contributed by atoms with E-state index in [2.05, 4.69) is 10.3 Å². The predicted molar refractivity (Wildman–Crippen MR) is 104 cm³/mol. The average molecular weight is 363 g/mol. The number of benzene rings is 2. The number of aromatic amines is 1. The van der Waals surface area contributed by atoms with Crippen molar-refractivity contribution in [3.05, 3.63) is 64.8 Å². The molecule has 4 rings (SSSR count). The lowest BCUT2D eigenvalue weighted by Crippen LogP contribution is -2.23. The first-order chi connectivity index (χ1) is 13.0.